The highest BCUT2D eigenvalue weighted by Gasteiger charge is 2.28. The van der Waals surface area contributed by atoms with Crippen LogP contribution in [0.15, 0.2) is 54.6 Å². The highest BCUT2D eigenvalue weighted by molar-refractivity contribution is 5.91. The first-order valence-electron chi connectivity index (χ1n) is 7.94. The molecule has 1 amide bonds. The van der Waals surface area contributed by atoms with Gasteiger partial charge in [0.25, 0.3) is 0 Å². The topological polar surface area (TPSA) is 66.4 Å². The van der Waals surface area contributed by atoms with E-state index in [9.17, 15) is 14.7 Å². The molecular weight excluding hydrogens is 302 g/mol. The van der Waals surface area contributed by atoms with Crippen LogP contribution in [-0.4, -0.2) is 17.0 Å². The van der Waals surface area contributed by atoms with Crippen molar-refractivity contribution in [2.45, 2.75) is 33.2 Å². The summed E-state index contributed by atoms with van der Waals surface area (Å²) in [6.45, 7) is 6.20. The van der Waals surface area contributed by atoms with Crippen LogP contribution < -0.4 is 5.32 Å². The molecule has 0 saturated heterocycles. The van der Waals surface area contributed by atoms with Crippen LogP contribution in [0, 0.1) is 5.41 Å². The van der Waals surface area contributed by atoms with Gasteiger partial charge in [-0.05, 0) is 22.6 Å². The summed E-state index contributed by atoms with van der Waals surface area (Å²) in [6, 6.07) is 16.3. The maximum Gasteiger partial charge on any atom is 0.335 e. The van der Waals surface area contributed by atoms with Crippen LogP contribution in [0.25, 0.3) is 0 Å². The summed E-state index contributed by atoms with van der Waals surface area (Å²) >= 11 is 0. The molecule has 1 atom stereocenters. The van der Waals surface area contributed by atoms with Crippen molar-refractivity contribution < 1.29 is 14.7 Å². The molecule has 0 bridgehead atoms. The monoisotopic (exact) mass is 325 g/mol. The molecule has 0 aliphatic carbocycles. The second-order valence-electron chi connectivity index (χ2n) is 6.92. The fourth-order valence-corrected chi connectivity index (χ4v) is 2.71. The van der Waals surface area contributed by atoms with E-state index in [0.717, 1.165) is 5.56 Å². The van der Waals surface area contributed by atoms with Crippen LogP contribution in [0.4, 0.5) is 0 Å². The molecule has 2 aromatic rings. The third kappa shape index (κ3) is 4.44. The molecule has 0 aliphatic rings. The Labute approximate surface area is 142 Å². The molecule has 0 spiro atoms. The van der Waals surface area contributed by atoms with E-state index in [0.29, 0.717) is 5.56 Å². The zero-order valence-electron chi connectivity index (χ0n) is 14.2. The Balaban J connectivity index is 2.19. The lowest BCUT2D eigenvalue weighted by Gasteiger charge is -2.32. The summed E-state index contributed by atoms with van der Waals surface area (Å²) in [6.07, 6.45) is 0.0435. The highest BCUT2D eigenvalue weighted by Crippen LogP contribution is 2.32. The van der Waals surface area contributed by atoms with E-state index in [-0.39, 0.29) is 29.3 Å². The molecule has 4 heteroatoms. The van der Waals surface area contributed by atoms with Gasteiger partial charge in [0.2, 0.25) is 5.91 Å². The number of carboxylic acid groups (broad SMARTS) is 1. The molecule has 0 aromatic heterocycles. The lowest BCUT2D eigenvalue weighted by molar-refractivity contribution is -0.122. The van der Waals surface area contributed by atoms with Crippen LogP contribution >= 0.6 is 0 Å². The molecule has 2 rings (SSSR count). The van der Waals surface area contributed by atoms with E-state index >= 15 is 0 Å². The number of nitrogens with one attached hydrogen (secondary N) is 1. The summed E-state index contributed by atoms with van der Waals surface area (Å²) < 4.78 is 0. The number of benzene rings is 2. The van der Waals surface area contributed by atoms with Crippen molar-refractivity contribution in [2.24, 2.45) is 5.41 Å². The van der Waals surface area contributed by atoms with Crippen molar-refractivity contribution in [3.05, 3.63) is 71.3 Å². The minimum Gasteiger partial charge on any atom is -0.478 e. The second-order valence-corrected chi connectivity index (χ2v) is 6.92. The number of aromatic carboxylic acids is 1. The molecule has 4 nitrogen and oxygen atoms in total. The van der Waals surface area contributed by atoms with E-state index in [1.807, 2.05) is 30.3 Å². The summed E-state index contributed by atoms with van der Waals surface area (Å²) in [5.74, 6) is -1.21. The normalized spacial score (nSPS) is 12.5. The maximum absolute atomic E-state index is 12.5. The molecule has 2 N–H and O–H groups in total. The Hall–Kier alpha value is -2.62. The average Bonchev–Trinajstić information content (AvgIpc) is 2.52. The van der Waals surface area contributed by atoms with Gasteiger partial charge in [-0.15, -0.1) is 0 Å². The van der Waals surface area contributed by atoms with Crippen LogP contribution in [-0.2, 0) is 11.2 Å². The van der Waals surface area contributed by atoms with Gasteiger partial charge in [0.05, 0.1) is 18.0 Å². The summed E-state index contributed by atoms with van der Waals surface area (Å²) in [7, 11) is 0. The van der Waals surface area contributed by atoms with E-state index in [1.54, 1.807) is 18.2 Å². The van der Waals surface area contributed by atoms with Gasteiger partial charge in [-0.1, -0.05) is 69.3 Å². The minimum absolute atomic E-state index is 0.0435. The SMILES string of the molecule is CC(C)(C)C(NC(=O)Cc1ccccc1C(=O)O)c1ccccc1. The number of carboxylic acids is 1. The highest BCUT2D eigenvalue weighted by atomic mass is 16.4. The van der Waals surface area contributed by atoms with Gasteiger partial charge in [-0.2, -0.15) is 0 Å². The van der Waals surface area contributed by atoms with Crippen molar-refractivity contribution in [1.29, 1.82) is 0 Å². The first-order valence-corrected chi connectivity index (χ1v) is 7.94. The van der Waals surface area contributed by atoms with Gasteiger partial charge in [0.1, 0.15) is 0 Å². The third-order valence-electron chi connectivity index (χ3n) is 3.90. The molecule has 0 radical (unpaired) electrons. The van der Waals surface area contributed by atoms with E-state index in [4.69, 9.17) is 0 Å². The number of hydrogen-bond acceptors (Lipinski definition) is 2. The van der Waals surface area contributed by atoms with Gasteiger partial charge >= 0.3 is 5.97 Å². The van der Waals surface area contributed by atoms with Gasteiger partial charge in [0.15, 0.2) is 0 Å². The van der Waals surface area contributed by atoms with Crippen molar-refractivity contribution in [1.82, 2.24) is 5.32 Å². The van der Waals surface area contributed by atoms with E-state index in [2.05, 4.69) is 26.1 Å². The maximum atomic E-state index is 12.5. The summed E-state index contributed by atoms with van der Waals surface area (Å²) in [4.78, 5) is 23.8. The predicted octanol–water partition coefficient (Wildman–Crippen LogP) is 3.83. The Morgan fingerprint density at radius 2 is 1.58 bits per heavy atom. The molecule has 0 fully saturated rings. The Kier molecular flexibility index (Phi) is 5.39. The average molecular weight is 325 g/mol. The third-order valence-corrected chi connectivity index (χ3v) is 3.90. The summed E-state index contributed by atoms with van der Waals surface area (Å²) in [5, 5.41) is 12.3. The van der Waals surface area contributed by atoms with Gasteiger partial charge in [0, 0.05) is 0 Å². The number of carbonyl (C=O) groups excluding carboxylic acids is 1. The fraction of sp³-hybridized carbons (Fsp3) is 0.300. The molecule has 0 saturated carbocycles. The number of amides is 1. The van der Waals surface area contributed by atoms with Crippen LogP contribution in [0.5, 0.6) is 0 Å². The van der Waals surface area contributed by atoms with Gasteiger partial charge in [-0.25, -0.2) is 4.79 Å². The molecule has 0 heterocycles. The van der Waals surface area contributed by atoms with Crippen LogP contribution in [0.2, 0.25) is 0 Å². The summed E-state index contributed by atoms with van der Waals surface area (Å²) in [5.41, 5.74) is 1.55. The van der Waals surface area contributed by atoms with Crippen LogP contribution in [0.3, 0.4) is 0 Å². The van der Waals surface area contributed by atoms with Crippen LogP contribution in [0.1, 0.15) is 48.3 Å². The van der Waals surface area contributed by atoms with E-state index < -0.39 is 5.97 Å². The van der Waals surface area contributed by atoms with Crippen molar-refractivity contribution in [3.8, 4) is 0 Å². The fourth-order valence-electron chi connectivity index (χ4n) is 2.71. The Bertz CT molecular complexity index is 717. The minimum atomic E-state index is -1.02. The lowest BCUT2D eigenvalue weighted by Crippen LogP contribution is -2.37. The lowest BCUT2D eigenvalue weighted by atomic mass is 9.82. The molecule has 0 aliphatic heterocycles. The van der Waals surface area contributed by atoms with Crippen molar-refractivity contribution in [2.75, 3.05) is 0 Å². The predicted molar refractivity (Wildman–Crippen MR) is 93.9 cm³/mol. The standard InChI is InChI=1S/C20H23NO3/c1-20(2,3)18(14-9-5-4-6-10-14)21-17(22)13-15-11-7-8-12-16(15)19(23)24/h4-12,18H,13H2,1-3H3,(H,21,22)(H,23,24). The smallest absolute Gasteiger partial charge is 0.335 e. The molecule has 24 heavy (non-hydrogen) atoms. The second kappa shape index (κ2) is 7.30. The number of hydrogen-bond donors (Lipinski definition) is 2. The first-order chi connectivity index (χ1) is 11.3. The zero-order valence-corrected chi connectivity index (χ0v) is 14.2. The first kappa shape index (κ1) is 17.7. The largest absolute Gasteiger partial charge is 0.478 e. The quantitative estimate of drug-likeness (QED) is 0.878. The Morgan fingerprint density at radius 3 is 2.17 bits per heavy atom. The molecule has 1 unspecified atom stereocenters. The molecular formula is C20H23NO3. The zero-order chi connectivity index (χ0) is 17.7. The van der Waals surface area contributed by atoms with E-state index in [1.165, 1.54) is 6.07 Å². The van der Waals surface area contributed by atoms with Crippen molar-refractivity contribution >= 4 is 11.9 Å². The van der Waals surface area contributed by atoms with Gasteiger partial charge in [-0.3, -0.25) is 4.79 Å². The van der Waals surface area contributed by atoms with Crippen molar-refractivity contribution in [3.63, 3.8) is 0 Å². The number of carbonyl (C=O) groups is 2. The Morgan fingerprint density at radius 1 is 1.00 bits per heavy atom. The van der Waals surface area contributed by atoms with Gasteiger partial charge < -0.3 is 10.4 Å². The molecule has 2 aromatic carbocycles. The molecule has 126 valence electrons. The number of rotatable bonds is 5.